The van der Waals surface area contributed by atoms with E-state index in [1.165, 1.54) is 0 Å². The maximum absolute atomic E-state index is 13.1. The summed E-state index contributed by atoms with van der Waals surface area (Å²) in [7, 11) is 0. The van der Waals surface area contributed by atoms with Crippen LogP contribution in [-0.2, 0) is 91.2 Å². The molecule has 0 radical (unpaired) electrons. The first-order valence-corrected chi connectivity index (χ1v) is 12.0. The lowest BCUT2D eigenvalue weighted by Gasteiger charge is -2.50. The first-order chi connectivity index (χ1) is 21.4. The van der Waals surface area contributed by atoms with Gasteiger partial charge < -0.3 is 49.2 Å². The number of hydrogen-bond donors (Lipinski definition) is 5. The molecule has 0 amide bonds. The summed E-state index contributed by atoms with van der Waals surface area (Å²) in [5.41, 5.74) is 0. The number of hydrogen-bond acceptors (Lipinski definition) is 24. The van der Waals surface area contributed by atoms with Crippen molar-refractivity contribution in [1.29, 1.82) is 0 Å². The van der Waals surface area contributed by atoms with Gasteiger partial charge in [-0.2, -0.15) is 0 Å². The lowest BCUT2D eigenvalue weighted by Crippen LogP contribution is -2.77. The maximum atomic E-state index is 13.1. The molecule has 1 rings (SSSR count). The molecule has 1 aliphatic heterocycles. The number of aliphatic hydroxyl groups is 5. The summed E-state index contributed by atoms with van der Waals surface area (Å²) in [6.45, 7) is -1.14. The Balaban J connectivity index is 3.36. The molecule has 24 nitrogen and oxygen atoms in total. The van der Waals surface area contributed by atoms with Crippen LogP contribution in [-0.4, -0.2) is 135 Å². The smallest absolute Gasteiger partial charge is 0.419 e. The Hall–Kier alpha value is -5.14. The van der Waals surface area contributed by atoms with Crippen LogP contribution in [0.5, 0.6) is 0 Å². The molecule has 7 atom stereocenters. The van der Waals surface area contributed by atoms with Crippen LogP contribution >= 0.6 is 0 Å². The van der Waals surface area contributed by atoms with Crippen molar-refractivity contribution >= 4 is 60.3 Å². The molecular weight excluding hydrogens is 648 g/mol. The zero-order chi connectivity index (χ0) is 35.4. The normalized spacial score (nSPS) is 23.9. The second-order valence-corrected chi connectivity index (χ2v) is 8.40. The van der Waals surface area contributed by atoms with Crippen molar-refractivity contribution in [1.82, 2.24) is 0 Å². The van der Waals surface area contributed by atoms with Gasteiger partial charge in [0.2, 0.25) is 0 Å². The van der Waals surface area contributed by atoms with E-state index < -0.39 is 122 Å². The molecule has 1 fully saturated rings. The molecule has 0 spiro atoms. The molecule has 0 aromatic rings. The number of carbonyl (C=O) groups is 10. The van der Waals surface area contributed by atoms with Crippen LogP contribution in [0.2, 0.25) is 0 Å². The fraction of sp³-hybridized carbons (Fsp3) is 0.545. The standard InChI is InChI=1S/C22H24O24/c1-8(26)43-45-18(35)15(32)20(38-6-24)40-11(28)3-4-12(29)42-22(39-7-25,17(34)19(36)46-44-9(2)27)21(37)16(33)14(31)13(30)10(5-23)41-21/h6-7,10,13-14,16,20,23,30-31,33,37H,3-5H2,1-2H3/t10-,13-,14+,16-,20?,21?,22?/m1/s1. The Morgan fingerprint density at radius 2 is 1.37 bits per heavy atom. The SMILES string of the molecule is CC(=O)OOC(=O)C(=O)C(OC=O)OC(=O)CCC(=O)OC(OC=O)(C(=O)C(=O)OOC(C)=O)C1(O)O[C@H](CO)[C@@H](O)[C@H](O)[C@H]1O. The molecule has 1 aliphatic rings. The van der Waals surface area contributed by atoms with Gasteiger partial charge in [-0.1, -0.05) is 0 Å². The minimum Gasteiger partial charge on any atom is -0.419 e. The van der Waals surface area contributed by atoms with Gasteiger partial charge in [-0.15, -0.1) is 0 Å². The molecule has 3 unspecified atom stereocenters. The van der Waals surface area contributed by atoms with Crippen LogP contribution in [0.4, 0.5) is 0 Å². The lowest BCUT2D eigenvalue weighted by molar-refractivity contribution is -0.426. The summed E-state index contributed by atoms with van der Waals surface area (Å²) >= 11 is 0. The van der Waals surface area contributed by atoms with Gasteiger partial charge in [-0.05, 0) is 0 Å². The fourth-order valence-electron chi connectivity index (χ4n) is 3.23. The highest BCUT2D eigenvalue weighted by Gasteiger charge is 2.73. The first kappa shape index (κ1) is 38.9. The first-order valence-electron chi connectivity index (χ1n) is 12.0. The summed E-state index contributed by atoms with van der Waals surface area (Å²) in [4.78, 5) is 133. The third-order valence-electron chi connectivity index (χ3n) is 5.23. The quantitative estimate of drug-likeness (QED) is 0.0269. The van der Waals surface area contributed by atoms with Crippen molar-refractivity contribution in [3.8, 4) is 0 Å². The molecule has 1 heterocycles. The number of carbonyl (C=O) groups excluding carboxylic acids is 10. The van der Waals surface area contributed by atoms with E-state index in [0.29, 0.717) is 6.92 Å². The Bertz CT molecular complexity index is 1220. The van der Waals surface area contributed by atoms with E-state index in [0.717, 1.165) is 6.92 Å². The number of ketones is 2. The number of rotatable bonds is 15. The van der Waals surface area contributed by atoms with E-state index in [-0.39, 0.29) is 0 Å². The molecule has 46 heavy (non-hydrogen) atoms. The van der Waals surface area contributed by atoms with E-state index in [1.54, 1.807) is 0 Å². The van der Waals surface area contributed by atoms with Gasteiger partial charge >= 0.3 is 59.5 Å². The molecule has 5 N–H and O–H groups in total. The number of esters is 2. The van der Waals surface area contributed by atoms with Gasteiger partial charge in [0.25, 0.3) is 18.7 Å². The van der Waals surface area contributed by atoms with Crippen LogP contribution in [0.3, 0.4) is 0 Å². The summed E-state index contributed by atoms with van der Waals surface area (Å²) < 4.78 is 22.3. The number of aliphatic hydroxyl groups excluding tert-OH is 4. The highest BCUT2D eigenvalue weighted by Crippen LogP contribution is 2.40. The zero-order valence-corrected chi connectivity index (χ0v) is 23.2. The monoisotopic (exact) mass is 672 g/mol. The highest BCUT2D eigenvalue weighted by atomic mass is 17.2. The molecule has 24 heteroatoms. The predicted molar refractivity (Wildman–Crippen MR) is 123 cm³/mol. The van der Waals surface area contributed by atoms with Crippen LogP contribution in [0.1, 0.15) is 26.7 Å². The summed E-state index contributed by atoms with van der Waals surface area (Å²) in [5, 5.41) is 51.2. The van der Waals surface area contributed by atoms with E-state index in [1.807, 2.05) is 0 Å². The van der Waals surface area contributed by atoms with Crippen LogP contribution in [0.25, 0.3) is 0 Å². The number of Topliss-reactive ketones (excluding diaryl/α,β-unsaturated/α-hetero) is 2. The minimum absolute atomic E-state index is 0.476. The molecule has 0 aromatic heterocycles. The summed E-state index contributed by atoms with van der Waals surface area (Å²) in [6.07, 6.45) is -15.3. The molecule has 0 aromatic carbocycles. The Labute approximate surface area is 253 Å². The molecule has 256 valence electrons. The van der Waals surface area contributed by atoms with Crippen LogP contribution in [0, 0.1) is 0 Å². The fourth-order valence-corrected chi connectivity index (χ4v) is 3.23. The van der Waals surface area contributed by atoms with Gasteiger partial charge in [0, 0.05) is 13.8 Å². The molecule has 0 bridgehead atoms. The van der Waals surface area contributed by atoms with Gasteiger partial charge in [-0.25, -0.2) is 38.7 Å². The summed E-state index contributed by atoms with van der Waals surface area (Å²) in [6, 6.07) is 0. The molecule has 0 saturated carbocycles. The van der Waals surface area contributed by atoms with Gasteiger partial charge in [-0.3, -0.25) is 28.8 Å². The highest BCUT2D eigenvalue weighted by molar-refractivity contribution is 6.37. The van der Waals surface area contributed by atoms with Gasteiger partial charge in [0.15, 0.2) is 0 Å². The van der Waals surface area contributed by atoms with Crippen LogP contribution < -0.4 is 0 Å². The van der Waals surface area contributed by atoms with Gasteiger partial charge in [0.05, 0.1) is 19.4 Å². The third-order valence-corrected chi connectivity index (χ3v) is 5.23. The average Bonchev–Trinajstić information content (AvgIpc) is 3.00. The van der Waals surface area contributed by atoms with Gasteiger partial charge in [0.1, 0.15) is 24.4 Å². The zero-order valence-electron chi connectivity index (χ0n) is 23.2. The molecule has 0 aliphatic carbocycles. The Morgan fingerprint density at radius 3 is 1.87 bits per heavy atom. The van der Waals surface area contributed by atoms with Crippen molar-refractivity contribution in [2.75, 3.05) is 6.61 Å². The Morgan fingerprint density at radius 1 is 0.826 bits per heavy atom. The minimum atomic E-state index is -4.28. The topological polar surface area (TPSA) is 355 Å². The van der Waals surface area contributed by atoms with Crippen molar-refractivity contribution in [3.63, 3.8) is 0 Å². The Kier molecular flexibility index (Phi) is 14.2. The third kappa shape index (κ3) is 9.19. The predicted octanol–water partition coefficient (Wildman–Crippen LogP) is -6.44. The lowest BCUT2D eigenvalue weighted by atomic mass is 9.85. The van der Waals surface area contributed by atoms with Crippen LogP contribution in [0.15, 0.2) is 0 Å². The second-order valence-electron chi connectivity index (χ2n) is 8.40. The summed E-state index contributed by atoms with van der Waals surface area (Å²) in [5.74, 6) is -23.4. The van der Waals surface area contributed by atoms with E-state index in [9.17, 15) is 73.5 Å². The van der Waals surface area contributed by atoms with Crippen molar-refractivity contribution in [3.05, 3.63) is 0 Å². The molecule has 1 saturated heterocycles. The van der Waals surface area contributed by atoms with E-state index in [2.05, 4.69) is 38.5 Å². The second kappa shape index (κ2) is 16.8. The number of ether oxygens (including phenoxy) is 5. The largest absolute Gasteiger partial charge is 0.430 e. The van der Waals surface area contributed by atoms with Crippen molar-refractivity contribution < 1.29 is 117 Å². The van der Waals surface area contributed by atoms with E-state index in [4.69, 9.17) is 4.74 Å². The maximum Gasteiger partial charge on any atom is 0.430 e. The molecular formula is C22H24O24. The van der Waals surface area contributed by atoms with Crippen molar-refractivity contribution in [2.24, 2.45) is 0 Å². The average molecular weight is 672 g/mol. The van der Waals surface area contributed by atoms with E-state index >= 15 is 0 Å². The van der Waals surface area contributed by atoms with Crippen molar-refractivity contribution in [2.45, 2.75) is 69.0 Å².